The molecule has 0 aromatic heterocycles. The quantitative estimate of drug-likeness (QED) is 0.478. The summed E-state index contributed by atoms with van der Waals surface area (Å²) in [4.78, 5) is 14.1. The molecule has 1 saturated heterocycles. The molecule has 1 aliphatic rings. The van der Waals surface area contributed by atoms with Crippen LogP contribution < -0.4 is 21.3 Å². The van der Waals surface area contributed by atoms with Gasteiger partial charge in [0.1, 0.15) is 6.61 Å². The molecule has 7 heteroatoms. The number of morpholine rings is 1. The SMILES string of the molecule is N[C@@H](CCCCNC(=O)OCc1ccccc1)CNc1ccc(N2CCOCC2)cc1. The molecule has 1 heterocycles. The van der Waals surface area contributed by atoms with Crippen molar-refractivity contribution in [3.63, 3.8) is 0 Å². The summed E-state index contributed by atoms with van der Waals surface area (Å²) in [5.74, 6) is 0. The number of nitrogens with one attached hydrogen (secondary N) is 2. The Hall–Kier alpha value is -2.77. The van der Waals surface area contributed by atoms with E-state index in [9.17, 15) is 4.79 Å². The summed E-state index contributed by atoms with van der Waals surface area (Å²) in [7, 11) is 0. The van der Waals surface area contributed by atoms with Crippen LogP contribution in [-0.2, 0) is 16.1 Å². The van der Waals surface area contributed by atoms with Crippen molar-refractivity contribution in [2.45, 2.75) is 31.9 Å². The Balaban J connectivity index is 1.22. The number of ether oxygens (including phenoxy) is 2. The predicted molar refractivity (Wildman–Crippen MR) is 124 cm³/mol. The van der Waals surface area contributed by atoms with Crippen LogP contribution in [0.4, 0.5) is 16.2 Å². The van der Waals surface area contributed by atoms with Crippen molar-refractivity contribution in [2.75, 3.05) is 49.6 Å². The number of benzene rings is 2. The van der Waals surface area contributed by atoms with Crippen LogP contribution in [-0.4, -0.2) is 51.5 Å². The normalized spacial score (nSPS) is 14.7. The molecule has 3 rings (SSSR count). The highest BCUT2D eigenvalue weighted by molar-refractivity contribution is 5.67. The van der Waals surface area contributed by atoms with Crippen molar-refractivity contribution in [3.8, 4) is 0 Å². The van der Waals surface area contributed by atoms with Gasteiger partial charge in [-0.05, 0) is 42.7 Å². The Morgan fingerprint density at radius 2 is 1.81 bits per heavy atom. The Bertz CT molecular complexity index is 764. The monoisotopic (exact) mass is 426 g/mol. The molecule has 0 bridgehead atoms. The predicted octanol–water partition coefficient (Wildman–Crippen LogP) is 3.36. The molecule has 0 aliphatic carbocycles. The van der Waals surface area contributed by atoms with Crippen LogP contribution >= 0.6 is 0 Å². The highest BCUT2D eigenvalue weighted by atomic mass is 16.5. The molecule has 4 N–H and O–H groups in total. The number of anilines is 2. The number of amides is 1. The van der Waals surface area contributed by atoms with Crippen LogP contribution in [0.1, 0.15) is 24.8 Å². The second kappa shape index (κ2) is 12.8. The minimum atomic E-state index is -0.379. The van der Waals surface area contributed by atoms with Crippen molar-refractivity contribution in [1.29, 1.82) is 0 Å². The third kappa shape index (κ3) is 8.47. The summed E-state index contributed by atoms with van der Waals surface area (Å²) < 4.78 is 10.6. The third-order valence-corrected chi connectivity index (χ3v) is 5.30. The van der Waals surface area contributed by atoms with E-state index in [1.165, 1.54) is 5.69 Å². The lowest BCUT2D eigenvalue weighted by Gasteiger charge is -2.29. The first-order valence-electron chi connectivity index (χ1n) is 11.1. The molecule has 1 amide bonds. The number of hydrogen-bond acceptors (Lipinski definition) is 6. The molecule has 168 valence electrons. The van der Waals surface area contributed by atoms with E-state index in [2.05, 4.69) is 39.8 Å². The average Bonchev–Trinajstić information content (AvgIpc) is 2.83. The van der Waals surface area contributed by atoms with Gasteiger partial charge >= 0.3 is 6.09 Å². The van der Waals surface area contributed by atoms with E-state index in [0.29, 0.717) is 6.54 Å². The topological polar surface area (TPSA) is 88.8 Å². The fourth-order valence-corrected chi connectivity index (χ4v) is 3.46. The van der Waals surface area contributed by atoms with Gasteiger partial charge in [-0.1, -0.05) is 36.8 Å². The highest BCUT2D eigenvalue weighted by Gasteiger charge is 2.11. The zero-order valence-electron chi connectivity index (χ0n) is 18.1. The van der Waals surface area contributed by atoms with E-state index in [1.54, 1.807) is 0 Å². The molecule has 31 heavy (non-hydrogen) atoms. The summed E-state index contributed by atoms with van der Waals surface area (Å²) in [6.07, 6.45) is 2.36. The van der Waals surface area contributed by atoms with Crippen LogP contribution in [0.2, 0.25) is 0 Å². The maximum absolute atomic E-state index is 11.7. The molecule has 0 radical (unpaired) electrons. The Kier molecular flexibility index (Phi) is 9.47. The van der Waals surface area contributed by atoms with Crippen molar-refractivity contribution < 1.29 is 14.3 Å². The number of hydrogen-bond donors (Lipinski definition) is 3. The maximum atomic E-state index is 11.7. The van der Waals surface area contributed by atoms with E-state index in [1.807, 2.05) is 30.3 Å². The van der Waals surface area contributed by atoms with Crippen molar-refractivity contribution >= 4 is 17.5 Å². The van der Waals surface area contributed by atoms with Crippen LogP contribution in [0.25, 0.3) is 0 Å². The number of unbranched alkanes of at least 4 members (excludes halogenated alkanes) is 1. The molecule has 0 spiro atoms. The third-order valence-electron chi connectivity index (χ3n) is 5.30. The molecule has 0 saturated carbocycles. The minimum absolute atomic E-state index is 0.0731. The van der Waals surface area contributed by atoms with Crippen LogP contribution in [0.3, 0.4) is 0 Å². The Morgan fingerprint density at radius 3 is 2.55 bits per heavy atom. The number of nitrogens with zero attached hydrogens (tertiary/aromatic N) is 1. The summed E-state index contributed by atoms with van der Waals surface area (Å²) in [6, 6.07) is 18.2. The van der Waals surface area contributed by atoms with E-state index >= 15 is 0 Å². The lowest BCUT2D eigenvalue weighted by atomic mass is 10.1. The Morgan fingerprint density at radius 1 is 1.06 bits per heavy atom. The fourth-order valence-electron chi connectivity index (χ4n) is 3.46. The van der Waals surface area contributed by atoms with Gasteiger partial charge in [0, 0.05) is 43.6 Å². The molecule has 7 nitrogen and oxygen atoms in total. The number of carbonyl (C=O) groups is 1. The van der Waals surface area contributed by atoms with Crippen molar-refractivity contribution in [3.05, 3.63) is 60.2 Å². The van der Waals surface area contributed by atoms with Crippen LogP contribution in [0.5, 0.6) is 0 Å². The molecule has 0 unspecified atom stereocenters. The minimum Gasteiger partial charge on any atom is -0.445 e. The van der Waals surface area contributed by atoms with Gasteiger partial charge in [0.05, 0.1) is 13.2 Å². The summed E-state index contributed by atoms with van der Waals surface area (Å²) in [5, 5.41) is 6.20. The van der Waals surface area contributed by atoms with Gasteiger partial charge in [0.15, 0.2) is 0 Å². The fraction of sp³-hybridized carbons (Fsp3) is 0.458. The van der Waals surface area contributed by atoms with Crippen LogP contribution in [0, 0.1) is 0 Å². The van der Waals surface area contributed by atoms with Crippen molar-refractivity contribution in [1.82, 2.24) is 5.32 Å². The number of nitrogens with two attached hydrogens (primary N) is 1. The van der Waals surface area contributed by atoms with E-state index in [4.69, 9.17) is 15.2 Å². The first-order valence-corrected chi connectivity index (χ1v) is 11.1. The van der Waals surface area contributed by atoms with E-state index in [-0.39, 0.29) is 18.7 Å². The largest absolute Gasteiger partial charge is 0.445 e. The summed E-state index contributed by atoms with van der Waals surface area (Å²) in [5.41, 5.74) is 9.51. The number of carbonyl (C=O) groups excluding carboxylic acids is 1. The maximum Gasteiger partial charge on any atom is 0.407 e. The average molecular weight is 427 g/mol. The number of alkyl carbamates (subject to hydrolysis) is 1. The molecule has 2 aromatic rings. The van der Waals surface area contributed by atoms with E-state index in [0.717, 1.165) is 63.4 Å². The molecule has 1 atom stereocenters. The van der Waals surface area contributed by atoms with Gasteiger partial charge in [-0.3, -0.25) is 0 Å². The second-order valence-electron chi connectivity index (χ2n) is 7.77. The first kappa shape index (κ1) is 22.9. The van der Waals surface area contributed by atoms with Crippen LogP contribution in [0.15, 0.2) is 54.6 Å². The lowest BCUT2D eigenvalue weighted by molar-refractivity contribution is 0.122. The molecule has 1 fully saturated rings. The number of rotatable bonds is 11. The van der Waals surface area contributed by atoms with Gasteiger partial charge in [-0.2, -0.15) is 0 Å². The van der Waals surface area contributed by atoms with Gasteiger partial charge in [0.25, 0.3) is 0 Å². The zero-order chi connectivity index (χ0) is 21.7. The van der Waals surface area contributed by atoms with Gasteiger partial charge < -0.3 is 30.7 Å². The summed E-state index contributed by atoms with van der Waals surface area (Å²) >= 11 is 0. The van der Waals surface area contributed by atoms with Gasteiger partial charge in [0.2, 0.25) is 0 Å². The van der Waals surface area contributed by atoms with Gasteiger partial charge in [-0.25, -0.2) is 4.79 Å². The lowest BCUT2D eigenvalue weighted by Crippen LogP contribution is -2.36. The molecular formula is C24H34N4O3. The van der Waals surface area contributed by atoms with E-state index < -0.39 is 0 Å². The molecule has 2 aromatic carbocycles. The second-order valence-corrected chi connectivity index (χ2v) is 7.77. The molecular weight excluding hydrogens is 392 g/mol. The summed E-state index contributed by atoms with van der Waals surface area (Å²) in [6.45, 7) is 5.07. The smallest absolute Gasteiger partial charge is 0.407 e. The first-order chi connectivity index (χ1) is 15.2. The standard InChI is InChI=1S/C24H34N4O3/c25-21(8-4-5-13-26-24(29)31-19-20-6-2-1-3-7-20)18-27-22-9-11-23(12-10-22)28-14-16-30-17-15-28/h1-3,6-7,9-12,21,27H,4-5,8,13-19,25H2,(H,26,29)/t21-/m0/s1. The van der Waals surface area contributed by atoms with Crippen molar-refractivity contribution in [2.24, 2.45) is 5.73 Å². The van der Waals surface area contributed by atoms with Gasteiger partial charge in [-0.15, -0.1) is 0 Å². The highest BCUT2D eigenvalue weighted by Crippen LogP contribution is 2.19. The zero-order valence-corrected chi connectivity index (χ0v) is 18.1. The Labute approximate surface area is 184 Å². The molecule has 1 aliphatic heterocycles.